The molecule has 0 unspecified atom stereocenters. The van der Waals surface area contributed by atoms with Crippen molar-refractivity contribution in [3.8, 4) is 11.3 Å². The summed E-state index contributed by atoms with van der Waals surface area (Å²) < 4.78 is 13.0. The number of anilines is 2. The summed E-state index contributed by atoms with van der Waals surface area (Å²) in [5.41, 5.74) is 2.37. The number of carbonyl (C=O) groups is 1. The van der Waals surface area contributed by atoms with Crippen molar-refractivity contribution in [1.82, 2.24) is 10.2 Å². The van der Waals surface area contributed by atoms with E-state index in [-0.39, 0.29) is 17.5 Å². The van der Waals surface area contributed by atoms with Gasteiger partial charge in [0.1, 0.15) is 5.82 Å². The molecule has 5 nitrogen and oxygen atoms in total. The minimum atomic E-state index is -0.285. The number of aromatic nitrogens is 2. The molecule has 3 aromatic rings. The molecule has 0 bridgehead atoms. The van der Waals surface area contributed by atoms with E-state index in [2.05, 4.69) is 20.4 Å². The number of nitrogens with one attached hydrogen (secondary N) is 1. The monoisotopic (exact) mass is 408 g/mol. The average Bonchev–Trinajstić information content (AvgIpc) is 3.29. The minimum absolute atomic E-state index is 0.119. The SMILES string of the molecule is O=C(CSc1ccc(F)cc1)Nc1cccc(-c2ccc(N3CCCC3)nn2)c1. The molecule has 1 fully saturated rings. The molecule has 1 saturated heterocycles. The molecule has 1 aromatic heterocycles. The van der Waals surface area contributed by atoms with E-state index < -0.39 is 0 Å². The maximum absolute atomic E-state index is 13.0. The van der Waals surface area contributed by atoms with Crippen molar-refractivity contribution in [2.45, 2.75) is 17.7 Å². The second kappa shape index (κ2) is 9.05. The summed E-state index contributed by atoms with van der Waals surface area (Å²) in [4.78, 5) is 15.3. The highest BCUT2D eigenvalue weighted by Gasteiger charge is 2.14. The van der Waals surface area contributed by atoms with Gasteiger partial charge in [-0.05, 0) is 61.4 Å². The highest BCUT2D eigenvalue weighted by molar-refractivity contribution is 8.00. The van der Waals surface area contributed by atoms with Gasteiger partial charge >= 0.3 is 0 Å². The third-order valence-corrected chi connectivity index (χ3v) is 5.72. The van der Waals surface area contributed by atoms with Gasteiger partial charge in [-0.1, -0.05) is 12.1 Å². The molecule has 0 aliphatic carbocycles. The Labute approximate surface area is 173 Å². The lowest BCUT2D eigenvalue weighted by atomic mass is 10.1. The topological polar surface area (TPSA) is 58.1 Å². The fourth-order valence-electron chi connectivity index (χ4n) is 3.23. The van der Waals surface area contributed by atoms with Crippen LogP contribution in [-0.4, -0.2) is 34.9 Å². The molecule has 0 atom stereocenters. The van der Waals surface area contributed by atoms with Crippen LogP contribution in [0, 0.1) is 5.82 Å². The van der Waals surface area contributed by atoms with E-state index in [9.17, 15) is 9.18 Å². The fourth-order valence-corrected chi connectivity index (χ4v) is 3.93. The number of hydrogen-bond acceptors (Lipinski definition) is 5. The van der Waals surface area contributed by atoms with Crippen LogP contribution < -0.4 is 10.2 Å². The standard InChI is InChI=1S/C22H21FN4OS/c23-17-6-8-19(9-7-17)29-15-22(28)24-18-5-3-4-16(14-18)20-10-11-21(26-25-20)27-12-1-2-13-27/h3-11,14H,1-2,12-13,15H2,(H,24,28). The van der Waals surface area contributed by atoms with Crippen LogP contribution in [0.15, 0.2) is 65.6 Å². The Kier molecular flexibility index (Phi) is 6.05. The second-order valence-corrected chi connectivity index (χ2v) is 7.89. The largest absolute Gasteiger partial charge is 0.355 e. The summed E-state index contributed by atoms with van der Waals surface area (Å²) in [6.45, 7) is 2.07. The summed E-state index contributed by atoms with van der Waals surface area (Å²) >= 11 is 1.36. The lowest BCUT2D eigenvalue weighted by Crippen LogP contribution is -2.19. The van der Waals surface area contributed by atoms with E-state index in [1.165, 1.54) is 36.7 Å². The molecular formula is C22H21FN4OS. The lowest BCUT2D eigenvalue weighted by molar-refractivity contribution is -0.113. The number of nitrogens with zero attached hydrogens (tertiary/aromatic N) is 3. The van der Waals surface area contributed by atoms with Crippen LogP contribution in [0.3, 0.4) is 0 Å². The van der Waals surface area contributed by atoms with Gasteiger partial charge in [-0.15, -0.1) is 22.0 Å². The van der Waals surface area contributed by atoms with E-state index in [0.717, 1.165) is 35.1 Å². The van der Waals surface area contributed by atoms with E-state index >= 15 is 0 Å². The molecule has 148 valence electrons. The highest BCUT2D eigenvalue weighted by atomic mass is 32.2. The van der Waals surface area contributed by atoms with Gasteiger partial charge in [0.05, 0.1) is 11.4 Å². The van der Waals surface area contributed by atoms with Crippen LogP contribution in [0.4, 0.5) is 15.9 Å². The maximum atomic E-state index is 13.0. The number of halogens is 1. The van der Waals surface area contributed by atoms with Crippen LogP contribution in [-0.2, 0) is 4.79 Å². The smallest absolute Gasteiger partial charge is 0.234 e. The Morgan fingerprint density at radius 3 is 2.55 bits per heavy atom. The number of amides is 1. The molecule has 2 heterocycles. The van der Waals surface area contributed by atoms with Gasteiger partial charge in [0.2, 0.25) is 5.91 Å². The second-order valence-electron chi connectivity index (χ2n) is 6.84. The summed E-state index contributed by atoms with van der Waals surface area (Å²) in [5.74, 6) is 0.757. The highest BCUT2D eigenvalue weighted by Crippen LogP contribution is 2.24. The van der Waals surface area contributed by atoms with Gasteiger partial charge in [0.15, 0.2) is 5.82 Å². The van der Waals surface area contributed by atoms with Crippen LogP contribution in [0.25, 0.3) is 11.3 Å². The van der Waals surface area contributed by atoms with Crippen molar-refractivity contribution < 1.29 is 9.18 Å². The van der Waals surface area contributed by atoms with Gasteiger partial charge in [-0.25, -0.2) is 4.39 Å². The number of rotatable bonds is 6. The van der Waals surface area contributed by atoms with Crippen molar-refractivity contribution in [3.05, 3.63) is 66.5 Å². The summed E-state index contributed by atoms with van der Waals surface area (Å²) in [5, 5.41) is 11.6. The predicted octanol–water partition coefficient (Wildman–Crippen LogP) is 4.61. The Balaban J connectivity index is 1.37. The minimum Gasteiger partial charge on any atom is -0.355 e. The number of hydrogen-bond donors (Lipinski definition) is 1. The molecule has 29 heavy (non-hydrogen) atoms. The van der Waals surface area contributed by atoms with Crippen LogP contribution >= 0.6 is 11.8 Å². The van der Waals surface area contributed by atoms with Gasteiger partial charge in [0.25, 0.3) is 0 Å². The molecule has 0 radical (unpaired) electrons. The molecular weight excluding hydrogens is 387 g/mol. The zero-order valence-corrected chi connectivity index (χ0v) is 16.7. The third kappa shape index (κ3) is 5.12. The fraction of sp³-hybridized carbons (Fsp3) is 0.227. The predicted molar refractivity (Wildman–Crippen MR) is 115 cm³/mol. The quantitative estimate of drug-likeness (QED) is 0.604. The van der Waals surface area contributed by atoms with Crippen molar-refractivity contribution >= 4 is 29.2 Å². The average molecular weight is 409 g/mol. The Morgan fingerprint density at radius 2 is 1.83 bits per heavy atom. The van der Waals surface area contributed by atoms with Crippen LogP contribution in [0.5, 0.6) is 0 Å². The zero-order chi connectivity index (χ0) is 20.1. The molecule has 1 aliphatic rings. The number of thioether (sulfide) groups is 1. The van der Waals surface area contributed by atoms with Gasteiger partial charge in [-0.3, -0.25) is 4.79 Å². The Bertz CT molecular complexity index is 973. The summed E-state index contributed by atoms with van der Waals surface area (Å²) in [6.07, 6.45) is 2.40. The van der Waals surface area contributed by atoms with E-state index in [0.29, 0.717) is 5.69 Å². The van der Waals surface area contributed by atoms with Crippen LogP contribution in [0.2, 0.25) is 0 Å². The van der Waals surface area contributed by atoms with Crippen molar-refractivity contribution in [3.63, 3.8) is 0 Å². The van der Waals surface area contributed by atoms with Crippen molar-refractivity contribution in [2.24, 2.45) is 0 Å². The van der Waals surface area contributed by atoms with E-state index in [1.807, 2.05) is 36.4 Å². The first kappa shape index (κ1) is 19.4. The number of benzene rings is 2. The van der Waals surface area contributed by atoms with E-state index in [4.69, 9.17) is 0 Å². The molecule has 1 aliphatic heterocycles. The first-order chi connectivity index (χ1) is 14.2. The molecule has 2 aromatic carbocycles. The molecule has 4 rings (SSSR count). The lowest BCUT2D eigenvalue weighted by Gasteiger charge is -2.15. The third-order valence-electron chi connectivity index (χ3n) is 4.71. The first-order valence-corrected chi connectivity index (χ1v) is 10.5. The van der Waals surface area contributed by atoms with Crippen LogP contribution in [0.1, 0.15) is 12.8 Å². The molecule has 1 N–H and O–H groups in total. The van der Waals surface area contributed by atoms with Crippen molar-refractivity contribution in [2.75, 3.05) is 29.1 Å². The maximum Gasteiger partial charge on any atom is 0.234 e. The molecule has 1 amide bonds. The Morgan fingerprint density at radius 1 is 1.03 bits per heavy atom. The van der Waals surface area contributed by atoms with E-state index in [1.54, 1.807) is 12.1 Å². The zero-order valence-electron chi connectivity index (χ0n) is 15.8. The van der Waals surface area contributed by atoms with Gasteiger partial charge in [-0.2, -0.15) is 0 Å². The van der Waals surface area contributed by atoms with Gasteiger partial charge < -0.3 is 10.2 Å². The van der Waals surface area contributed by atoms with Crippen molar-refractivity contribution in [1.29, 1.82) is 0 Å². The molecule has 0 saturated carbocycles. The first-order valence-electron chi connectivity index (χ1n) is 9.55. The summed E-state index contributed by atoms with van der Waals surface area (Å²) in [6, 6.07) is 17.6. The molecule has 7 heteroatoms. The summed E-state index contributed by atoms with van der Waals surface area (Å²) in [7, 11) is 0. The number of carbonyl (C=O) groups excluding carboxylic acids is 1. The Hall–Kier alpha value is -2.93. The molecule has 0 spiro atoms. The van der Waals surface area contributed by atoms with Gasteiger partial charge in [0, 0.05) is 29.2 Å². The normalized spacial score (nSPS) is 13.5.